The smallest absolute Gasteiger partial charge is 0.343 e. The van der Waals surface area contributed by atoms with Crippen LogP contribution in [0.5, 0.6) is 17.2 Å². The van der Waals surface area contributed by atoms with Crippen LogP contribution in [0.3, 0.4) is 0 Å². The number of benzene rings is 4. The molecule has 0 fully saturated rings. The molecule has 0 aliphatic rings. The largest absolute Gasteiger partial charge is 0.490 e. The van der Waals surface area contributed by atoms with Gasteiger partial charge in [-0.1, -0.05) is 74.9 Å². The summed E-state index contributed by atoms with van der Waals surface area (Å²) in [4.78, 5) is 78.3. The second kappa shape index (κ2) is 31.4. The van der Waals surface area contributed by atoms with Crippen LogP contribution in [0.1, 0.15) is 54.9 Å². The Bertz CT molecular complexity index is 2740. The van der Waals surface area contributed by atoms with Gasteiger partial charge < -0.3 is 42.6 Å². The number of nitrogens with zero attached hydrogens (tertiary/aromatic N) is 3. The Balaban J connectivity index is 1.29. The van der Waals surface area contributed by atoms with Gasteiger partial charge in [0.05, 0.1) is 48.4 Å². The van der Waals surface area contributed by atoms with Gasteiger partial charge >= 0.3 is 29.8 Å². The lowest BCUT2D eigenvalue weighted by atomic mass is 10.0. The summed E-state index contributed by atoms with van der Waals surface area (Å²) in [5.41, 5.74) is 2.72. The summed E-state index contributed by atoms with van der Waals surface area (Å²) in [5, 5.41) is 6.18. The van der Waals surface area contributed by atoms with E-state index in [4.69, 9.17) is 42.6 Å². The van der Waals surface area contributed by atoms with Crippen molar-refractivity contribution < 1.29 is 71.4 Å². The molecule has 0 N–H and O–H groups in total. The number of anilines is 1. The molecule has 1 amide bonds. The maximum Gasteiger partial charge on any atom is 0.343 e. The van der Waals surface area contributed by atoms with Gasteiger partial charge in [0.1, 0.15) is 30.5 Å². The van der Waals surface area contributed by atoms with Gasteiger partial charge in [-0.2, -0.15) is 10.1 Å². The molecule has 394 valence electrons. The van der Waals surface area contributed by atoms with Crippen LogP contribution in [0, 0.1) is 0 Å². The maximum atomic E-state index is 13.7. The average Bonchev–Trinajstić information content (AvgIpc) is 3.87. The molecule has 2 atom stereocenters. The lowest BCUT2D eigenvalue weighted by molar-refractivity contribution is -0.148. The van der Waals surface area contributed by atoms with Gasteiger partial charge in [-0.25, -0.2) is 29.0 Å². The van der Waals surface area contributed by atoms with Crippen LogP contribution in [-0.2, 0) is 52.4 Å². The first-order chi connectivity index (χ1) is 36.4. The predicted molar refractivity (Wildman–Crippen MR) is 282 cm³/mol. The zero-order chi connectivity index (χ0) is 53.8. The fraction of sp³-hybridized carbons (Fsp3) is 0.286. The van der Waals surface area contributed by atoms with Crippen LogP contribution < -0.4 is 19.2 Å². The lowest BCUT2D eigenvalue weighted by Gasteiger charge is -2.18. The molecule has 0 spiro atoms. The molecule has 0 aliphatic heterocycles. The SMILES string of the molecule is C=CC(=O)OCCCCOCC(COc1ccc(C(=O)Oc2ccc(-c3ccc(OCC(COCCCCOC(=O)C=C)OC(=O)C=C)cc3)cc2/C=N/N(C(=O)CC)c2nc3ccccc3s2)cc1)OC(=O)C=C. The molecular weight excluding hydrogens is 987 g/mol. The number of rotatable bonds is 33. The predicted octanol–water partition coefficient (Wildman–Crippen LogP) is 8.96. The number of aromatic nitrogens is 1. The van der Waals surface area contributed by atoms with Crippen molar-refractivity contribution in [3.05, 3.63) is 153 Å². The molecule has 19 heteroatoms. The number of carbonyl (C=O) groups is 6. The molecule has 75 heavy (non-hydrogen) atoms. The molecule has 0 radical (unpaired) electrons. The summed E-state index contributed by atoms with van der Waals surface area (Å²) in [6, 6.07) is 25.9. The number of hydrogen-bond donors (Lipinski definition) is 0. The summed E-state index contributed by atoms with van der Waals surface area (Å²) < 4.78 is 50.9. The molecule has 0 saturated carbocycles. The first-order valence-electron chi connectivity index (χ1n) is 23.9. The first kappa shape index (κ1) is 57.6. The molecule has 5 aromatic rings. The van der Waals surface area contributed by atoms with Gasteiger partial charge in [0.25, 0.3) is 0 Å². The van der Waals surface area contributed by atoms with E-state index in [2.05, 4.69) is 36.4 Å². The van der Waals surface area contributed by atoms with E-state index >= 15 is 0 Å². The highest BCUT2D eigenvalue weighted by Gasteiger charge is 2.21. The van der Waals surface area contributed by atoms with Crippen molar-refractivity contribution >= 4 is 68.7 Å². The van der Waals surface area contributed by atoms with Crippen molar-refractivity contribution in [3.63, 3.8) is 0 Å². The highest BCUT2D eigenvalue weighted by molar-refractivity contribution is 7.22. The summed E-state index contributed by atoms with van der Waals surface area (Å²) in [6.07, 6.45) is 6.68. The van der Waals surface area contributed by atoms with Crippen molar-refractivity contribution in [1.82, 2.24) is 4.98 Å². The van der Waals surface area contributed by atoms with Gasteiger partial charge in [0.15, 0.2) is 12.2 Å². The van der Waals surface area contributed by atoms with E-state index < -0.39 is 42.1 Å². The number of ether oxygens (including phenoxy) is 9. The Hall–Kier alpha value is -8.26. The van der Waals surface area contributed by atoms with Crippen LogP contribution in [0.4, 0.5) is 5.13 Å². The summed E-state index contributed by atoms with van der Waals surface area (Å²) in [7, 11) is 0. The number of amides is 1. The normalized spacial score (nSPS) is 11.6. The van der Waals surface area contributed by atoms with E-state index in [1.807, 2.05) is 36.4 Å². The van der Waals surface area contributed by atoms with Gasteiger partial charge in [0.2, 0.25) is 11.0 Å². The maximum absolute atomic E-state index is 13.7. The van der Waals surface area contributed by atoms with E-state index in [1.54, 1.807) is 49.4 Å². The third kappa shape index (κ3) is 19.6. The summed E-state index contributed by atoms with van der Waals surface area (Å²) >= 11 is 1.31. The third-order valence-corrected chi connectivity index (χ3v) is 11.4. The van der Waals surface area contributed by atoms with Gasteiger partial charge in [-0.15, -0.1) is 0 Å². The van der Waals surface area contributed by atoms with E-state index in [0.717, 1.165) is 34.6 Å². The highest BCUT2D eigenvalue weighted by Crippen LogP contribution is 2.31. The number of unbranched alkanes of at least 4 members (excludes halogenated alkanes) is 2. The molecule has 1 heterocycles. The molecular formula is C56H59N3O15S. The van der Waals surface area contributed by atoms with Crippen molar-refractivity contribution in [3.8, 4) is 28.4 Å². The van der Waals surface area contributed by atoms with Crippen molar-refractivity contribution in [1.29, 1.82) is 0 Å². The standard InChI is InChI=1S/C56H59N3O15S/c1-6-50(60)59(56-58-47-17-11-12-18-49(47)75-56)57-34-42-33-41(39-19-24-43(25-20-39)70-37-45(72-53(63)9-4)35-66-29-13-15-31-68-51(61)7-2)23-28-48(42)74-55(65)40-21-26-44(27-22-40)71-38-46(73-54(64)10-5)36-67-30-14-16-32-69-52(62)8-3/h7-12,17-28,33-34,45-46H,2-6,13-16,29-32,35-38H2,1H3/b57-34+. The Morgan fingerprint density at radius 3 is 1.68 bits per heavy atom. The van der Waals surface area contributed by atoms with Gasteiger partial charge in [-0.05, 0) is 97.5 Å². The minimum absolute atomic E-state index is 0.0155. The molecule has 0 saturated heterocycles. The lowest BCUT2D eigenvalue weighted by Crippen LogP contribution is -2.29. The second-order valence-corrected chi connectivity index (χ2v) is 16.9. The van der Waals surface area contributed by atoms with E-state index in [0.29, 0.717) is 72.2 Å². The topological polar surface area (TPSA) is 214 Å². The molecule has 2 unspecified atom stereocenters. The number of carbonyl (C=O) groups excluding carboxylic acids is 6. The average molecular weight is 1050 g/mol. The van der Waals surface area contributed by atoms with Crippen LogP contribution >= 0.6 is 11.3 Å². The minimum atomic E-state index is -0.781. The van der Waals surface area contributed by atoms with E-state index in [-0.39, 0.29) is 63.3 Å². The minimum Gasteiger partial charge on any atom is -0.490 e. The van der Waals surface area contributed by atoms with E-state index in [1.165, 1.54) is 34.7 Å². The Labute approximate surface area is 438 Å². The number of thiazole rings is 1. The van der Waals surface area contributed by atoms with Crippen LogP contribution in [-0.4, -0.2) is 112 Å². The molecule has 18 nitrogen and oxygen atoms in total. The Morgan fingerprint density at radius 1 is 0.627 bits per heavy atom. The Morgan fingerprint density at radius 2 is 1.15 bits per heavy atom. The highest BCUT2D eigenvalue weighted by atomic mass is 32.1. The number of para-hydroxylation sites is 1. The van der Waals surface area contributed by atoms with Gasteiger partial charge in [-0.3, -0.25) is 4.79 Å². The first-order valence-corrected chi connectivity index (χ1v) is 24.7. The second-order valence-electron chi connectivity index (χ2n) is 15.9. The molecule has 1 aromatic heterocycles. The van der Waals surface area contributed by atoms with Crippen LogP contribution in [0.25, 0.3) is 21.3 Å². The van der Waals surface area contributed by atoms with Gasteiger partial charge in [0, 0.05) is 49.5 Å². The zero-order valence-electron chi connectivity index (χ0n) is 41.6. The molecule has 0 bridgehead atoms. The quantitative estimate of drug-likeness (QED) is 0.00729. The monoisotopic (exact) mass is 1050 g/mol. The number of esters is 5. The van der Waals surface area contributed by atoms with E-state index in [9.17, 15) is 28.8 Å². The summed E-state index contributed by atoms with van der Waals surface area (Å²) in [5.74, 6) is -2.29. The molecule has 5 rings (SSSR count). The number of fused-ring (bicyclic) bond motifs is 1. The zero-order valence-corrected chi connectivity index (χ0v) is 42.4. The van der Waals surface area contributed by atoms with Crippen molar-refractivity contribution in [2.45, 2.75) is 51.2 Å². The third-order valence-electron chi connectivity index (χ3n) is 10.4. The molecule has 0 aliphatic carbocycles. The molecule has 4 aromatic carbocycles. The van der Waals surface area contributed by atoms with Crippen molar-refractivity contribution in [2.24, 2.45) is 5.10 Å². The summed E-state index contributed by atoms with van der Waals surface area (Å²) in [6.45, 7) is 16.5. The van der Waals surface area contributed by atoms with Crippen LogP contribution in [0.15, 0.2) is 147 Å². The fourth-order valence-electron chi connectivity index (χ4n) is 6.49. The number of hydrazone groups is 1. The fourth-order valence-corrected chi connectivity index (χ4v) is 7.43. The Kier molecular flexibility index (Phi) is 24.1. The van der Waals surface area contributed by atoms with Crippen molar-refractivity contribution in [2.75, 3.05) is 57.9 Å². The number of hydrogen-bond acceptors (Lipinski definition) is 18. The van der Waals surface area contributed by atoms with Crippen LogP contribution in [0.2, 0.25) is 0 Å².